The second kappa shape index (κ2) is 6.18. The van der Waals surface area contributed by atoms with E-state index in [0.717, 1.165) is 0 Å². The first kappa shape index (κ1) is 13.4. The molecule has 1 aromatic heterocycles. The monoisotopic (exact) mass is 260 g/mol. The molecule has 16 heavy (non-hydrogen) atoms. The lowest BCUT2D eigenvalue weighted by Gasteiger charge is -2.11. The Morgan fingerprint density at radius 2 is 2.25 bits per heavy atom. The summed E-state index contributed by atoms with van der Waals surface area (Å²) in [5, 5.41) is 9.74. The number of aldehydes is 1. The summed E-state index contributed by atoms with van der Waals surface area (Å²) in [7, 11) is 0. The van der Waals surface area contributed by atoms with E-state index in [1.807, 2.05) is 6.92 Å². The summed E-state index contributed by atoms with van der Waals surface area (Å²) < 4.78 is 0. The summed E-state index contributed by atoms with van der Waals surface area (Å²) in [6.45, 7) is 3.80. The first-order valence-corrected chi connectivity index (χ1v) is 6.11. The van der Waals surface area contributed by atoms with Gasteiger partial charge in [-0.15, -0.1) is 11.8 Å². The normalized spacial score (nSPS) is 12.5. The largest absolute Gasteiger partial charge is 0.396 e. The molecule has 1 unspecified atom stereocenters. The van der Waals surface area contributed by atoms with Crippen LogP contribution in [0.3, 0.4) is 0 Å². The van der Waals surface area contributed by atoms with E-state index in [1.165, 1.54) is 11.8 Å². The molecule has 0 saturated heterocycles. The molecule has 0 bridgehead atoms. The highest BCUT2D eigenvalue weighted by molar-refractivity contribution is 7.99. The Morgan fingerprint density at radius 3 is 2.81 bits per heavy atom. The van der Waals surface area contributed by atoms with Crippen LogP contribution in [-0.4, -0.2) is 33.2 Å². The molecule has 1 atom stereocenters. The van der Waals surface area contributed by atoms with Crippen molar-refractivity contribution >= 4 is 29.6 Å². The fraction of sp³-hybridized carbons (Fsp3) is 0.500. The number of carbonyl (C=O) groups excluding carboxylic acids is 1. The maximum atomic E-state index is 10.9. The van der Waals surface area contributed by atoms with Gasteiger partial charge in [-0.25, -0.2) is 9.97 Å². The average molecular weight is 261 g/mol. The first-order chi connectivity index (χ1) is 7.58. The van der Waals surface area contributed by atoms with Gasteiger partial charge in [-0.05, 0) is 13.3 Å². The second-order valence-electron chi connectivity index (χ2n) is 3.34. The van der Waals surface area contributed by atoms with Crippen LogP contribution in [0.15, 0.2) is 5.03 Å². The highest BCUT2D eigenvalue weighted by Crippen LogP contribution is 2.28. The summed E-state index contributed by atoms with van der Waals surface area (Å²) in [5.74, 6) is 0.536. The topological polar surface area (TPSA) is 63.1 Å². The SMILES string of the molecule is Cc1nc(Cl)c(C=O)c(SC(C)CCO)n1. The third-order valence-electron chi connectivity index (χ3n) is 1.94. The lowest BCUT2D eigenvalue weighted by Crippen LogP contribution is -2.04. The van der Waals surface area contributed by atoms with E-state index in [1.54, 1.807) is 6.92 Å². The number of halogens is 1. The third kappa shape index (κ3) is 3.43. The van der Waals surface area contributed by atoms with Crippen molar-refractivity contribution in [2.24, 2.45) is 0 Å². The van der Waals surface area contributed by atoms with E-state index in [0.29, 0.717) is 29.1 Å². The number of aromatic nitrogens is 2. The van der Waals surface area contributed by atoms with Crippen LogP contribution in [0.25, 0.3) is 0 Å². The zero-order chi connectivity index (χ0) is 12.1. The van der Waals surface area contributed by atoms with Crippen LogP contribution < -0.4 is 0 Å². The molecule has 1 heterocycles. The van der Waals surface area contributed by atoms with Crippen LogP contribution in [0.2, 0.25) is 5.15 Å². The number of hydrogen-bond donors (Lipinski definition) is 1. The minimum absolute atomic E-state index is 0.113. The zero-order valence-corrected chi connectivity index (χ0v) is 10.7. The van der Waals surface area contributed by atoms with Crippen LogP contribution in [0, 0.1) is 6.92 Å². The standard InChI is InChI=1S/C10H13ClN2O2S/c1-6(3-4-14)16-10-8(5-15)9(11)12-7(2)13-10/h5-6,14H,3-4H2,1-2H3. The van der Waals surface area contributed by atoms with Crippen LogP contribution in [-0.2, 0) is 0 Å². The van der Waals surface area contributed by atoms with E-state index in [2.05, 4.69) is 9.97 Å². The van der Waals surface area contributed by atoms with Crippen LogP contribution in [0.4, 0.5) is 0 Å². The average Bonchev–Trinajstić information content (AvgIpc) is 2.17. The van der Waals surface area contributed by atoms with Gasteiger partial charge in [0.15, 0.2) is 6.29 Å². The Hall–Kier alpha value is -0.650. The summed E-state index contributed by atoms with van der Waals surface area (Å²) in [4.78, 5) is 19.0. The Labute approximate surface area is 103 Å². The van der Waals surface area contributed by atoms with Crippen molar-refractivity contribution in [1.82, 2.24) is 9.97 Å². The minimum Gasteiger partial charge on any atom is -0.396 e. The predicted molar refractivity (Wildman–Crippen MR) is 64.2 cm³/mol. The molecule has 1 aromatic rings. The predicted octanol–water partition coefficient (Wildman–Crippen LogP) is 2.11. The molecular weight excluding hydrogens is 248 g/mol. The van der Waals surface area contributed by atoms with Gasteiger partial charge in [0.1, 0.15) is 16.0 Å². The smallest absolute Gasteiger partial charge is 0.155 e. The van der Waals surface area contributed by atoms with Crippen molar-refractivity contribution < 1.29 is 9.90 Å². The molecule has 0 amide bonds. The number of hydrogen-bond acceptors (Lipinski definition) is 5. The molecule has 0 aliphatic heterocycles. The number of aryl methyl sites for hydroxylation is 1. The lowest BCUT2D eigenvalue weighted by molar-refractivity contribution is 0.112. The Morgan fingerprint density at radius 1 is 1.56 bits per heavy atom. The van der Waals surface area contributed by atoms with Gasteiger partial charge in [-0.3, -0.25) is 4.79 Å². The number of rotatable bonds is 5. The van der Waals surface area contributed by atoms with Crippen LogP contribution in [0.5, 0.6) is 0 Å². The van der Waals surface area contributed by atoms with Crippen molar-refractivity contribution in [1.29, 1.82) is 0 Å². The first-order valence-electron chi connectivity index (χ1n) is 4.85. The number of nitrogens with zero attached hydrogens (tertiary/aromatic N) is 2. The van der Waals surface area contributed by atoms with Crippen LogP contribution >= 0.6 is 23.4 Å². The van der Waals surface area contributed by atoms with Gasteiger partial charge in [0, 0.05) is 11.9 Å². The molecule has 0 fully saturated rings. The molecule has 0 aromatic carbocycles. The van der Waals surface area contributed by atoms with Crippen molar-refractivity contribution in [2.45, 2.75) is 30.5 Å². The Bertz CT molecular complexity index is 387. The molecule has 88 valence electrons. The third-order valence-corrected chi connectivity index (χ3v) is 3.40. The van der Waals surface area contributed by atoms with Gasteiger partial charge in [0.2, 0.25) is 0 Å². The van der Waals surface area contributed by atoms with Gasteiger partial charge in [-0.2, -0.15) is 0 Å². The second-order valence-corrected chi connectivity index (χ2v) is 5.12. The van der Waals surface area contributed by atoms with Crippen molar-refractivity contribution in [3.8, 4) is 0 Å². The van der Waals surface area contributed by atoms with Gasteiger partial charge in [-0.1, -0.05) is 18.5 Å². The molecule has 6 heteroatoms. The quantitative estimate of drug-likeness (QED) is 0.499. The summed E-state index contributed by atoms with van der Waals surface area (Å²) in [6.07, 6.45) is 1.30. The molecule has 0 aliphatic carbocycles. The maximum Gasteiger partial charge on any atom is 0.155 e. The minimum atomic E-state index is 0.113. The van der Waals surface area contributed by atoms with E-state index in [-0.39, 0.29) is 17.0 Å². The highest BCUT2D eigenvalue weighted by Gasteiger charge is 2.14. The zero-order valence-electron chi connectivity index (χ0n) is 9.11. The molecule has 0 saturated carbocycles. The number of aliphatic hydroxyl groups is 1. The molecule has 1 rings (SSSR count). The van der Waals surface area contributed by atoms with Crippen LogP contribution in [0.1, 0.15) is 29.5 Å². The molecule has 4 nitrogen and oxygen atoms in total. The molecule has 0 radical (unpaired) electrons. The number of carbonyl (C=O) groups is 1. The fourth-order valence-corrected chi connectivity index (χ4v) is 2.52. The van der Waals surface area contributed by atoms with Gasteiger partial charge in [0.25, 0.3) is 0 Å². The van der Waals surface area contributed by atoms with Crippen molar-refractivity contribution in [2.75, 3.05) is 6.61 Å². The van der Waals surface area contributed by atoms with Gasteiger partial charge in [0.05, 0.1) is 5.56 Å². The van der Waals surface area contributed by atoms with E-state index >= 15 is 0 Å². The van der Waals surface area contributed by atoms with E-state index < -0.39 is 0 Å². The molecular formula is C10H13ClN2O2S. The number of aliphatic hydroxyl groups excluding tert-OH is 1. The lowest BCUT2D eigenvalue weighted by atomic mass is 10.3. The summed E-state index contributed by atoms with van der Waals surface area (Å²) in [6, 6.07) is 0. The number of thioether (sulfide) groups is 1. The fourth-order valence-electron chi connectivity index (χ4n) is 1.14. The molecule has 0 spiro atoms. The Balaban J connectivity index is 2.97. The summed E-state index contributed by atoms with van der Waals surface area (Å²) >= 11 is 7.27. The van der Waals surface area contributed by atoms with Gasteiger partial charge >= 0.3 is 0 Å². The van der Waals surface area contributed by atoms with E-state index in [4.69, 9.17) is 16.7 Å². The maximum absolute atomic E-state index is 10.9. The highest BCUT2D eigenvalue weighted by atomic mass is 35.5. The summed E-state index contributed by atoms with van der Waals surface area (Å²) in [5.41, 5.74) is 0.321. The van der Waals surface area contributed by atoms with E-state index in [9.17, 15) is 4.79 Å². The van der Waals surface area contributed by atoms with Crippen molar-refractivity contribution in [3.63, 3.8) is 0 Å². The van der Waals surface area contributed by atoms with Crippen molar-refractivity contribution in [3.05, 3.63) is 16.5 Å². The Kier molecular flexibility index (Phi) is 5.18. The molecule has 1 N–H and O–H groups in total. The van der Waals surface area contributed by atoms with Gasteiger partial charge < -0.3 is 5.11 Å². The molecule has 0 aliphatic rings.